The van der Waals surface area contributed by atoms with Crippen LogP contribution in [0.5, 0.6) is 0 Å². The fourth-order valence-corrected chi connectivity index (χ4v) is 11.2. The molecular formula is C10H27BNSi2. The van der Waals surface area contributed by atoms with E-state index in [0.29, 0.717) is 0 Å². The highest BCUT2D eigenvalue weighted by Gasteiger charge is 2.33. The van der Waals surface area contributed by atoms with Crippen LogP contribution in [0.2, 0.25) is 45.6 Å². The molecule has 0 aromatic rings. The van der Waals surface area contributed by atoms with E-state index in [1.54, 1.807) is 0 Å². The summed E-state index contributed by atoms with van der Waals surface area (Å²) < 4.78 is 2.75. The fourth-order valence-electron chi connectivity index (χ4n) is 1.87. The minimum atomic E-state index is -1.15. The van der Waals surface area contributed by atoms with Gasteiger partial charge in [-0.3, -0.25) is 0 Å². The van der Waals surface area contributed by atoms with Gasteiger partial charge in [0.25, 0.3) is 0 Å². The lowest BCUT2D eigenvalue weighted by Crippen LogP contribution is -2.60. The third-order valence-corrected chi connectivity index (χ3v) is 9.49. The maximum atomic E-state index is 2.75. The molecule has 0 rings (SSSR count). The summed E-state index contributed by atoms with van der Waals surface area (Å²) in [6, 6.07) is 0. The topological polar surface area (TPSA) is 3.24 Å². The summed E-state index contributed by atoms with van der Waals surface area (Å²) in [5, 5.41) is 0. The molecular weight excluding hydrogens is 201 g/mol. The van der Waals surface area contributed by atoms with Crippen LogP contribution in [-0.2, 0) is 0 Å². The molecule has 0 aromatic heterocycles. The Kier molecular flexibility index (Phi) is 5.15. The van der Waals surface area contributed by atoms with Crippen molar-refractivity contribution in [2.24, 2.45) is 5.92 Å². The van der Waals surface area contributed by atoms with E-state index in [1.807, 2.05) is 0 Å². The Morgan fingerprint density at radius 1 is 0.929 bits per heavy atom. The van der Waals surface area contributed by atoms with Crippen molar-refractivity contribution < 1.29 is 0 Å². The molecule has 0 unspecified atom stereocenters. The maximum absolute atomic E-state index is 2.75. The van der Waals surface area contributed by atoms with Crippen LogP contribution in [0.3, 0.4) is 0 Å². The Hall–Kier alpha value is 0.459. The zero-order chi connectivity index (χ0) is 11.6. The molecule has 0 aliphatic rings. The highest BCUT2D eigenvalue weighted by atomic mass is 28.4. The lowest BCUT2D eigenvalue weighted by molar-refractivity contribution is 0.716. The van der Waals surface area contributed by atoms with Gasteiger partial charge in [-0.1, -0.05) is 65.4 Å². The first-order valence-corrected chi connectivity index (χ1v) is 12.6. The summed E-state index contributed by atoms with van der Waals surface area (Å²) in [6.07, 6.45) is 1.23. The number of nitrogens with zero attached hydrogens (tertiary/aromatic N) is 1. The van der Waals surface area contributed by atoms with Gasteiger partial charge in [-0.15, -0.1) is 0 Å². The molecule has 1 nitrogen and oxygen atoms in total. The predicted octanol–water partition coefficient (Wildman–Crippen LogP) is 3.65. The first kappa shape index (κ1) is 14.5. The third kappa shape index (κ3) is 5.37. The summed E-state index contributed by atoms with van der Waals surface area (Å²) in [5.41, 5.74) is 0. The average molecular weight is 228 g/mol. The summed E-state index contributed by atoms with van der Waals surface area (Å²) in [7, 11) is 0.190. The van der Waals surface area contributed by atoms with Crippen molar-refractivity contribution >= 4 is 23.9 Å². The van der Waals surface area contributed by atoms with Crippen molar-refractivity contribution in [2.45, 2.75) is 59.4 Å². The normalized spacial score (nSPS) is 13.9. The van der Waals surface area contributed by atoms with Crippen LogP contribution in [0.4, 0.5) is 0 Å². The van der Waals surface area contributed by atoms with Crippen LogP contribution < -0.4 is 0 Å². The van der Waals surface area contributed by atoms with Crippen LogP contribution in [0.25, 0.3) is 0 Å². The maximum Gasteiger partial charge on any atom is 0.193 e. The van der Waals surface area contributed by atoms with E-state index in [2.05, 4.69) is 64.7 Å². The minimum Gasteiger partial charge on any atom is -0.392 e. The van der Waals surface area contributed by atoms with Crippen molar-refractivity contribution in [2.75, 3.05) is 0 Å². The van der Waals surface area contributed by atoms with Gasteiger partial charge in [0.1, 0.15) is 16.5 Å². The molecule has 0 heterocycles. The Bertz CT molecular complexity index is 156. The quantitative estimate of drug-likeness (QED) is 0.649. The van der Waals surface area contributed by atoms with Crippen LogP contribution in [-0.4, -0.2) is 28.0 Å². The van der Waals surface area contributed by atoms with E-state index in [4.69, 9.17) is 0 Å². The van der Waals surface area contributed by atoms with Crippen molar-refractivity contribution in [3.05, 3.63) is 0 Å². The van der Waals surface area contributed by atoms with E-state index in [1.165, 1.54) is 6.32 Å². The van der Waals surface area contributed by atoms with Gasteiger partial charge >= 0.3 is 0 Å². The molecule has 0 saturated heterocycles. The second-order valence-corrected chi connectivity index (χ2v) is 16.6. The van der Waals surface area contributed by atoms with Crippen LogP contribution >= 0.6 is 0 Å². The third-order valence-electron chi connectivity index (χ3n) is 2.20. The van der Waals surface area contributed by atoms with Crippen LogP contribution in [0.15, 0.2) is 0 Å². The average Bonchev–Trinajstić information content (AvgIpc) is 1.78. The van der Waals surface area contributed by atoms with E-state index in [-0.39, 0.29) is 0 Å². The van der Waals surface area contributed by atoms with Gasteiger partial charge in [0.15, 0.2) is 7.41 Å². The Labute approximate surface area is 93.7 Å². The fraction of sp³-hybridized carbons (Fsp3) is 1.00. The second kappa shape index (κ2) is 4.99. The van der Waals surface area contributed by atoms with Gasteiger partial charge in [0.05, 0.1) is 0 Å². The standard InChI is InChI=1S/C10H27BNSi2/c1-10(2)9-11-12(13(3,4)5)14(6,7)8/h10H,9H2,1-8H3. The molecule has 0 amide bonds. The molecule has 0 atom stereocenters. The Morgan fingerprint density at radius 2 is 1.29 bits per heavy atom. The zero-order valence-corrected chi connectivity index (χ0v) is 13.3. The van der Waals surface area contributed by atoms with Gasteiger partial charge in [-0.25, -0.2) is 0 Å². The van der Waals surface area contributed by atoms with E-state index >= 15 is 0 Å². The Balaban J connectivity index is 4.44. The van der Waals surface area contributed by atoms with Crippen molar-refractivity contribution in [3.63, 3.8) is 0 Å². The summed E-state index contributed by atoms with van der Waals surface area (Å²) in [6.45, 7) is 19.3. The summed E-state index contributed by atoms with van der Waals surface area (Å²) in [5.74, 6) is 0.783. The molecule has 0 bridgehead atoms. The van der Waals surface area contributed by atoms with E-state index < -0.39 is 16.5 Å². The lowest BCUT2D eigenvalue weighted by Gasteiger charge is -2.44. The molecule has 0 aliphatic carbocycles. The van der Waals surface area contributed by atoms with E-state index in [0.717, 1.165) is 5.92 Å². The molecule has 83 valence electrons. The molecule has 0 aliphatic heterocycles. The number of hydrogen-bond donors (Lipinski definition) is 0. The molecule has 4 heteroatoms. The molecule has 0 saturated carbocycles. The number of rotatable bonds is 5. The van der Waals surface area contributed by atoms with Crippen LogP contribution in [0, 0.1) is 5.92 Å². The molecule has 0 fully saturated rings. The molecule has 1 radical (unpaired) electrons. The smallest absolute Gasteiger partial charge is 0.193 e. The summed E-state index contributed by atoms with van der Waals surface area (Å²) >= 11 is 0. The zero-order valence-electron chi connectivity index (χ0n) is 11.3. The van der Waals surface area contributed by atoms with Gasteiger partial charge in [0.2, 0.25) is 0 Å². The van der Waals surface area contributed by atoms with Crippen molar-refractivity contribution in [3.8, 4) is 0 Å². The first-order chi connectivity index (χ1) is 6.05. The second-order valence-electron chi connectivity index (χ2n) is 6.52. The summed E-state index contributed by atoms with van der Waals surface area (Å²) in [4.78, 5) is 0. The predicted molar refractivity (Wildman–Crippen MR) is 73.9 cm³/mol. The number of hydrogen-bond acceptors (Lipinski definition) is 1. The molecule has 0 N–H and O–H groups in total. The highest BCUT2D eigenvalue weighted by molar-refractivity contribution is 6.96. The first-order valence-electron chi connectivity index (χ1n) is 5.68. The SMILES string of the molecule is CC(C)C[B]N([Si](C)(C)C)[Si](C)(C)C. The largest absolute Gasteiger partial charge is 0.392 e. The highest BCUT2D eigenvalue weighted by Crippen LogP contribution is 2.19. The van der Waals surface area contributed by atoms with Gasteiger partial charge in [0, 0.05) is 0 Å². The van der Waals surface area contributed by atoms with Crippen molar-refractivity contribution in [1.29, 1.82) is 0 Å². The monoisotopic (exact) mass is 228 g/mol. The van der Waals surface area contributed by atoms with Gasteiger partial charge in [-0.2, -0.15) is 0 Å². The van der Waals surface area contributed by atoms with E-state index in [9.17, 15) is 0 Å². The molecule has 14 heavy (non-hydrogen) atoms. The lowest BCUT2D eigenvalue weighted by atomic mass is 9.84. The molecule has 0 spiro atoms. The molecule has 0 aromatic carbocycles. The Morgan fingerprint density at radius 3 is 1.50 bits per heavy atom. The van der Waals surface area contributed by atoms with Crippen LogP contribution in [0.1, 0.15) is 13.8 Å². The van der Waals surface area contributed by atoms with Gasteiger partial charge < -0.3 is 4.14 Å². The van der Waals surface area contributed by atoms with Gasteiger partial charge in [-0.05, 0) is 0 Å². The van der Waals surface area contributed by atoms with Crippen molar-refractivity contribution in [1.82, 2.24) is 4.14 Å². The minimum absolute atomic E-state index is 0.783.